The topological polar surface area (TPSA) is 8.81 Å². The van der Waals surface area contributed by atoms with Gasteiger partial charge in [0.05, 0.1) is 7.05 Å². The van der Waals surface area contributed by atoms with Crippen LogP contribution in [0.1, 0.15) is 0 Å². The van der Waals surface area contributed by atoms with Gasteiger partial charge in [0.2, 0.25) is 6.33 Å². The Hall–Kier alpha value is -2.09. The van der Waals surface area contributed by atoms with Gasteiger partial charge in [0.15, 0.2) is 11.0 Å². The minimum absolute atomic E-state index is 1.19. The fourth-order valence-electron chi connectivity index (χ4n) is 2.06. The monoisotopic (exact) mass is 209 g/mol. The van der Waals surface area contributed by atoms with Gasteiger partial charge in [-0.2, -0.15) is 4.57 Å². The molecule has 0 radical (unpaired) electrons. The van der Waals surface area contributed by atoms with Crippen molar-refractivity contribution in [2.24, 2.45) is 7.05 Å². The standard InChI is InChI=1S/C14H13N2/c1-15-11-16(12-7-3-2-4-8-12)14-10-6-5-9-13(14)15/h2-11H,1H3/q+1. The van der Waals surface area contributed by atoms with Crippen molar-refractivity contribution in [3.05, 3.63) is 60.9 Å². The Labute approximate surface area is 94.4 Å². The van der Waals surface area contributed by atoms with E-state index in [1.165, 1.54) is 16.7 Å². The van der Waals surface area contributed by atoms with Gasteiger partial charge in [-0.1, -0.05) is 30.3 Å². The summed E-state index contributed by atoms with van der Waals surface area (Å²) in [6, 6.07) is 18.8. The second kappa shape index (κ2) is 3.49. The Morgan fingerprint density at radius 2 is 1.56 bits per heavy atom. The van der Waals surface area contributed by atoms with E-state index >= 15 is 0 Å². The molecule has 2 aromatic carbocycles. The zero-order valence-corrected chi connectivity index (χ0v) is 9.17. The van der Waals surface area contributed by atoms with Crippen LogP contribution < -0.4 is 4.57 Å². The molecule has 2 heteroatoms. The van der Waals surface area contributed by atoms with Crippen LogP contribution in [0.25, 0.3) is 16.7 Å². The predicted molar refractivity (Wildman–Crippen MR) is 64.5 cm³/mol. The van der Waals surface area contributed by atoms with E-state index in [4.69, 9.17) is 0 Å². The first-order valence-electron chi connectivity index (χ1n) is 5.37. The van der Waals surface area contributed by atoms with E-state index in [1.54, 1.807) is 0 Å². The van der Waals surface area contributed by atoms with Crippen molar-refractivity contribution in [1.29, 1.82) is 0 Å². The predicted octanol–water partition coefficient (Wildman–Crippen LogP) is 2.46. The van der Waals surface area contributed by atoms with Crippen molar-refractivity contribution in [2.45, 2.75) is 0 Å². The molecule has 3 aromatic rings. The molecule has 0 aliphatic rings. The minimum Gasteiger partial charge on any atom is -0.232 e. The lowest BCUT2D eigenvalue weighted by molar-refractivity contribution is -0.568. The van der Waals surface area contributed by atoms with Crippen molar-refractivity contribution in [1.82, 2.24) is 4.57 Å². The molecular weight excluding hydrogens is 196 g/mol. The molecule has 0 aliphatic heterocycles. The third kappa shape index (κ3) is 1.31. The first-order chi connectivity index (χ1) is 7.86. The lowest BCUT2D eigenvalue weighted by Crippen LogP contribution is -2.28. The smallest absolute Gasteiger partial charge is 0.232 e. The van der Waals surface area contributed by atoms with Gasteiger partial charge in [0.1, 0.15) is 5.69 Å². The number of imidazole rings is 1. The molecule has 0 saturated carbocycles. The van der Waals surface area contributed by atoms with Crippen LogP contribution in [0.2, 0.25) is 0 Å². The van der Waals surface area contributed by atoms with Gasteiger partial charge in [-0.15, -0.1) is 0 Å². The van der Waals surface area contributed by atoms with Crippen LogP contribution in [0, 0.1) is 0 Å². The van der Waals surface area contributed by atoms with Gasteiger partial charge in [-0.05, 0) is 24.3 Å². The molecule has 0 fully saturated rings. The minimum atomic E-state index is 1.19. The summed E-state index contributed by atoms with van der Waals surface area (Å²) in [5.74, 6) is 0. The molecule has 0 bridgehead atoms. The number of rotatable bonds is 1. The third-order valence-electron chi connectivity index (χ3n) is 2.84. The Bertz CT molecular complexity index is 624. The van der Waals surface area contributed by atoms with E-state index in [-0.39, 0.29) is 0 Å². The average Bonchev–Trinajstić information content (AvgIpc) is 2.69. The maximum atomic E-state index is 2.20. The Morgan fingerprint density at radius 1 is 0.875 bits per heavy atom. The third-order valence-corrected chi connectivity index (χ3v) is 2.84. The van der Waals surface area contributed by atoms with Gasteiger partial charge >= 0.3 is 0 Å². The normalized spacial score (nSPS) is 10.8. The highest BCUT2D eigenvalue weighted by Gasteiger charge is 2.13. The molecule has 0 unspecified atom stereocenters. The van der Waals surface area contributed by atoms with Gasteiger partial charge in [0.25, 0.3) is 0 Å². The summed E-state index contributed by atoms with van der Waals surface area (Å²) in [5, 5.41) is 0. The molecule has 0 spiro atoms. The number of nitrogens with zero attached hydrogens (tertiary/aromatic N) is 2. The van der Waals surface area contributed by atoms with E-state index in [1.807, 2.05) is 6.07 Å². The zero-order chi connectivity index (χ0) is 11.0. The van der Waals surface area contributed by atoms with Crippen LogP contribution in [0.15, 0.2) is 60.9 Å². The van der Waals surface area contributed by atoms with Gasteiger partial charge in [0, 0.05) is 0 Å². The highest BCUT2D eigenvalue weighted by atomic mass is 15.1. The SMILES string of the molecule is Cn1c[n+](-c2ccccc2)c2ccccc21. The molecule has 0 saturated heterocycles. The first kappa shape index (κ1) is 9.16. The Balaban J connectivity index is 2.33. The maximum Gasteiger partial charge on any atom is 0.249 e. The summed E-state index contributed by atoms with van der Waals surface area (Å²) in [7, 11) is 2.07. The van der Waals surface area contributed by atoms with Crippen LogP contribution in [0.3, 0.4) is 0 Å². The van der Waals surface area contributed by atoms with Gasteiger partial charge in [-0.25, -0.2) is 4.57 Å². The van der Waals surface area contributed by atoms with Crippen LogP contribution >= 0.6 is 0 Å². The number of aromatic nitrogens is 2. The molecule has 2 nitrogen and oxygen atoms in total. The summed E-state index contributed by atoms with van der Waals surface area (Å²) in [5.41, 5.74) is 3.67. The average molecular weight is 209 g/mol. The molecule has 0 amide bonds. The van der Waals surface area contributed by atoms with Gasteiger partial charge in [-0.3, -0.25) is 0 Å². The molecule has 1 heterocycles. The summed E-state index contributed by atoms with van der Waals surface area (Å²) in [6.07, 6.45) is 2.11. The van der Waals surface area contributed by atoms with Crippen molar-refractivity contribution >= 4 is 11.0 Å². The largest absolute Gasteiger partial charge is 0.249 e. The Kier molecular flexibility index (Phi) is 2.00. The first-order valence-corrected chi connectivity index (χ1v) is 5.37. The second-order valence-corrected chi connectivity index (χ2v) is 3.92. The summed E-state index contributed by atoms with van der Waals surface area (Å²) < 4.78 is 4.34. The van der Waals surface area contributed by atoms with Gasteiger partial charge < -0.3 is 0 Å². The molecule has 3 rings (SSSR count). The zero-order valence-electron chi connectivity index (χ0n) is 9.17. The van der Waals surface area contributed by atoms with Crippen LogP contribution in [-0.2, 0) is 7.05 Å². The molecule has 0 N–H and O–H groups in total. The number of aryl methyl sites for hydroxylation is 1. The molecule has 1 aromatic heterocycles. The van der Waals surface area contributed by atoms with Crippen LogP contribution in [0.5, 0.6) is 0 Å². The molecule has 0 aliphatic carbocycles. The molecule has 16 heavy (non-hydrogen) atoms. The highest BCUT2D eigenvalue weighted by Crippen LogP contribution is 2.11. The van der Waals surface area contributed by atoms with E-state index in [9.17, 15) is 0 Å². The van der Waals surface area contributed by atoms with Crippen molar-refractivity contribution in [2.75, 3.05) is 0 Å². The van der Waals surface area contributed by atoms with E-state index in [0.29, 0.717) is 0 Å². The summed E-state index contributed by atoms with van der Waals surface area (Å²) in [4.78, 5) is 0. The number of fused-ring (bicyclic) bond motifs is 1. The van der Waals surface area contributed by atoms with E-state index in [2.05, 4.69) is 71.0 Å². The lowest BCUT2D eigenvalue weighted by Gasteiger charge is -1.95. The summed E-state index contributed by atoms with van der Waals surface area (Å²) >= 11 is 0. The van der Waals surface area contributed by atoms with Crippen LogP contribution in [0.4, 0.5) is 0 Å². The van der Waals surface area contributed by atoms with Crippen molar-refractivity contribution in [3.8, 4) is 5.69 Å². The maximum absolute atomic E-state index is 2.20. The van der Waals surface area contributed by atoms with E-state index in [0.717, 1.165) is 0 Å². The van der Waals surface area contributed by atoms with Crippen molar-refractivity contribution < 1.29 is 4.57 Å². The lowest BCUT2D eigenvalue weighted by atomic mass is 10.3. The number of hydrogen-bond donors (Lipinski definition) is 0. The second-order valence-electron chi connectivity index (χ2n) is 3.92. The quantitative estimate of drug-likeness (QED) is 0.544. The fraction of sp³-hybridized carbons (Fsp3) is 0.0714. The van der Waals surface area contributed by atoms with Crippen molar-refractivity contribution in [3.63, 3.8) is 0 Å². The summed E-state index contributed by atoms with van der Waals surface area (Å²) in [6.45, 7) is 0. The molecule has 0 atom stereocenters. The molecule has 78 valence electrons. The van der Waals surface area contributed by atoms with Crippen LogP contribution in [-0.4, -0.2) is 4.57 Å². The number of benzene rings is 2. The Morgan fingerprint density at radius 3 is 2.38 bits per heavy atom. The fourth-order valence-corrected chi connectivity index (χ4v) is 2.06. The van der Waals surface area contributed by atoms with E-state index < -0.39 is 0 Å². The number of para-hydroxylation sites is 3. The molecular formula is C14H13N2+. The number of hydrogen-bond acceptors (Lipinski definition) is 0. The highest BCUT2D eigenvalue weighted by molar-refractivity contribution is 5.72.